The van der Waals surface area contributed by atoms with E-state index >= 15 is 0 Å². The fraction of sp³-hybridized carbons (Fsp3) is 0.611. The lowest BCUT2D eigenvalue weighted by Gasteiger charge is -2.23. The molecule has 0 aromatic carbocycles. The Hall–Kier alpha value is -0.870. The molecule has 120 valence electrons. The van der Waals surface area contributed by atoms with Gasteiger partial charge >= 0.3 is 0 Å². The Balaban J connectivity index is 2.08. The van der Waals surface area contributed by atoms with Crippen molar-refractivity contribution in [3.63, 3.8) is 0 Å². The molecule has 0 bridgehead atoms. The summed E-state index contributed by atoms with van der Waals surface area (Å²) in [7, 11) is 0. The van der Waals surface area contributed by atoms with Gasteiger partial charge in [-0.05, 0) is 37.7 Å². The first kappa shape index (κ1) is 16.0. The van der Waals surface area contributed by atoms with Crippen LogP contribution in [0.4, 0.5) is 0 Å². The first-order valence-electron chi connectivity index (χ1n) is 8.47. The molecule has 4 heteroatoms. The summed E-state index contributed by atoms with van der Waals surface area (Å²) in [6, 6.07) is 0. The molecule has 2 heterocycles. The minimum Gasteiger partial charge on any atom is -0.356 e. The molecule has 2 unspecified atom stereocenters. The number of halogens is 1. The Bertz CT molecular complexity index is 641. The maximum atomic E-state index is 5.98. The number of alkyl halides is 1. The third-order valence-electron chi connectivity index (χ3n) is 4.47. The molecule has 3 rings (SSSR count). The first-order valence-corrected chi connectivity index (χ1v) is 9.60. The van der Waals surface area contributed by atoms with Crippen molar-refractivity contribution in [2.45, 2.75) is 51.7 Å². The van der Waals surface area contributed by atoms with E-state index in [-0.39, 0.29) is 6.23 Å². The molecular weight excluding hydrogens is 340 g/mol. The summed E-state index contributed by atoms with van der Waals surface area (Å²) >= 11 is 3.61. The fourth-order valence-corrected chi connectivity index (χ4v) is 3.64. The highest BCUT2D eigenvalue weighted by molar-refractivity contribution is 9.09. The Morgan fingerprint density at radius 1 is 1.41 bits per heavy atom. The van der Waals surface area contributed by atoms with Crippen LogP contribution in [0.1, 0.15) is 51.7 Å². The highest BCUT2D eigenvalue weighted by Crippen LogP contribution is 2.21. The standard InChI is InChI=1S/C18H25BrN2O/c1-2-3-6-15-9-8-14(12-19)11-16-13-20-21(18(15)16)17-7-4-5-10-22-17/h8-9,11,13-14,17H,2-7,10,12H2,1H3. The van der Waals surface area contributed by atoms with Gasteiger partial charge in [-0.2, -0.15) is 5.10 Å². The maximum Gasteiger partial charge on any atom is 0.150 e. The minimum absolute atomic E-state index is 0.108. The molecule has 0 saturated carbocycles. The van der Waals surface area contributed by atoms with Crippen LogP contribution in [-0.2, 0) is 4.74 Å². The number of nitrogens with zero attached hydrogens (tertiary/aromatic N) is 2. The number of ether oxygens (including phenoxy) is 1. The van der Waals surface area contributed by atoms with E-state index in [2.05, 4.69) is 50.9 Å². The molecule has 1 saturated heterocycles. The van der Waals surface area contributed by atoms with E-state index in [1.807, 2.05) is 6.20 Å². The largest absolute Gasteiger partial charge is 0.356 e. The highest BCUT2D eigenvalue weighted by atomic mass is 79.9. The predicted molar refractivity (Wildman–Crippen MR) is 94.1 cm³/mol. The van der Waals surface area contributed by atoms with E-state index in [9.17, 15) is 0 Å². The lowest BCUT2D eigenvalue weighted by Crippen LogP contribution is -2.36. The molecule has 0 N–H and O–H groups in total. The van der Waals surface area contributed by atoms with Gasteiger partial charge in [0.1, 0.15) is 0 Å². The summed E-state index contributed by atoms with van der Waals surface area (Å²) in [5.74, 6) is 0.433. The number of allylic oxidation sites excluding steroid dienone is 2. The van der Waals surface area contributed by atoms with Crippen LogP contribution in [0.25, 0.3) is 11.6 Å². The second-order valence-electron chi connectivity index (χ2n) is 6.19. The van der Waals surface area contributed by atoms with Crippen LogP contribution in [-0.4, -0.2) is 21.7 Å². The molecule has 1 fully saturated rings. The van der Waals surface area contributed by atoms with Crippen molar-refractivity contribution in [3.05, 3.63) is 28.9 Å². The molecule has 3 nitrogen and oxygen atoms in total. The van der Waals surface area contributed by atoms with Gasteiger partial charge in [0.25, 0.3) is 0 Å². The van der Waals surface area contributed by atoms with Crippen LogP contribution in [0.15, 0.2) is 18.3 Å². The van der Waals surface area contributed by atoms with Gasteiger partial charge in [-0.25, -0.2) is 4.68 Å². The molecule has 2 atom stereocenters. The number of unbranched alkanes of at least 4 members (excludes halogenated alkanes) is 1. The molecule has 22 heavy (non-hydrogen) atoms. The number of hydrogen-bond donors (Lipinski definition) is 0. The molecule has 0 radical (unpaired) electrons. The highest BCUT2D eigenvalue weighted by Gasteiger charge is 2.19. The van der Waals surface area contributed by atoms with Gasteiger partial charge in [0, 0.05) is 23.1 Å². The third kappa shape index (κ3) is 3.38. The molecule has 1 aliphatic heterocycles. The predicted octanol–water partition coefficient (Wildman–Crippen LogP) is 3.28. The van der Waals surface area contributed by atoms with E-state index in [1.54, 1.807) is 0 Å². The van der Waals surface area contributed by atoms with Gasteiger partial charge < -0.3 is 4.74 Å². The van der Waals surface area contributed by atoms with Gasteiger partial charge in [-0.1, -0.05) is 47.5 Å². The van der Waals surface area contributed by atoms with Gasteiger partial charge in [0.05, 0.1) is 11.5 Å². The minimum atomic E-state index is 0.108. The zero-order chi connectivity index (χ0) is 15.4. The summed E-state index contributed by atoms with van der Waals surface area (Å²) in [4.78, 5) is 0. The van der Waals surface area contributed by atoms with Gasteiger partial charge in [0.15, 0.2) is 6.23 Å². The van der Waals surface area contributed by atoms with Gasteiger partial charge in [-0.3, -0.25) is 0 Å². The van der Waals surface area contributed by atoms with Crippen LogP contribution in [0.5, 0.6) is 0 Å². The zero-order valence-corrected chi connectivity index (χ0v) is 14.9. The van der Waals surface area contributed by atoms with Crippen molar-refractivity contribution >= 4 is 27.6 Å². The van der Waals surface area contributed by atoms with Crippen molar-refractivity contribution in [1.82, 2.24) is 9.78 Å². The van der Waals surface area contributed by atoms with E-state index in [0.717, 1.165) is 24.8 Å². The van der Waals surface area contributed by atoms with Crippen LogP contribution < -0.4 is 10.6 Å². The smallest absolute Gasteiger partial charge is 0.150 e. The number of fused-ring (bicyclic) bond motifs is 1. The van der Waals surface area contributed by atoms with Crippen molar-refractivity contribution in [1.29, 1.82) is 0 Å². The molecule has 0 amide bonds. The quantitative estimate of drug-likeness (QED) is 0.749. The Morgan fingerprint density at radius 3 is 3.05 bits per heavy atom. The first-order chi connectivity index (χ1) is 10.8. The van der Waals surface area contributed by atoms with E-state index in [1.165, 1.54) is 41.8 Å². The third-order valence-corrected chi connectivity index (χ3v) is 5.22. The SMILES string of the molecule is CCCCC1=c2c(cnn2C2CCCCO2)=CC(CBr)C=C1. The summed E-state index contributed by atoms with van der Waals surface area (Å²) in [5, 5.41) is 8.17. The van der Waals surface area contributed by atoms with Crippen molar-refractivity contribution in [2.75, 3.05) is 11.9 Å². The normalized spacial score (nSPS) is 24.7. The Labute approximate surface area is 140 Å². The maximum absolute atomic E-state index is 5.98. The van der Waals surface area contributed by atoms with Gasteiger partial charge in [0.2, 0.25) is 0 Å². The Kier molecular flexibility index (Phi) is 5.53. The molecule has 1 aromatic rings. The second-order valence-corrected chi connectivity index (χ2v) is 6.83. The van der Waals surface area contributed by atoms with Crippen molar-refractivity contribution < 1.29 is 4.74 Å². The zero-order valence-electron chi connectivity index (χ0n) is 13.3. The molecular formula is C18H25BrN2O. The lowest BCUT2D eigenvalue weighted by atomic mass is 10.1. The lowest BCUT2D eigenvalue weighted by molar-refractivity contribution is -0.0413. The van der Waals surface area contributed by atoms with E-state index in [4.69, 9.17) is 4.74 Å². The van der Waals surface area contributed by atoms with Crippen LogP contribution in [0.3, 0.4) is 0 Å². The van der Waals surface area contributed by atoms with Crippen LogP contribution in [0, 0.1) is 5.92 Å². The summed E-state index contributed by atoms with van der Waals surface area (Å²) in [6.07, 6.45) is 16.1. The van der Waals surface area contributed by atoms with Crippen LogP contribution in [0.2, 0.25) is 0 Å². The number of rotatable bonds is 5. The van der Waals surface area contributed by atoms with E-state index in [0.29, 0.717) is 5.92 Å². The number of aromatic nitrogens is 2. The molecule has 1 aromatic heterocycles. The molecule has 1 aliphatic carbocycles. The summed E-state index contributed by atoms with van der Waals surface area (Å²) < 4.78 is 8.11. The molecule has 0 spiro atoms. The summed E-state index contributed by atoms with van der Waals surface area (Å²) in [5.41, 5.74) is 1.41. The monoisotopic (exact) mass is 364 g/mol. The average Bonchev–Trinajstić information content (AvgIpc) is 2.89. The van der Waals surface area contributed by atoms with Gasteiger partial charge in [-0.15, -0.1) is 0 Å². The molecule has 2 aliphatic rings. The average molecular weight is 365 g/mol. The number of hydrogen-bond acceptors (Lipinski definition) is 2. The van der Waals surface area contributed by atoms with Crippen LogP contribution >= 0.6 is 15.9 Å². The fourth-order valence-electron chi connectivity index (χ4n) is 3.23. The summed E-state index contributed by atoms with van der Waals surface area (Å²) in [6.45, 7) is 3.10. The topological polar surface area (TPSA) is 27.1 Å². The van der Waals surface area contributed by atoms with Crippen molar-refractivity contribution in [3.8, 4) is 0 Å². The van der Waals surface area contributed by atoms with E-state index < -0.39 is 0 Å². The van der Waals surface area contributed by atoms with Crippen molar-refractivity contribution in [2.24, 2.45) is 5.92 Å². The Morgan fingerprint density at radius 2 is 2.32 bits per heavy atom. The second kappa shape index (κ2) is 7.60.